The van der Waals surface area contributed by atoms with Gasteiger partial charge in [0.05, 0.1) is 5.69 Å². The molecule has 0 saturated heterocycles. The van der Waals surface area contributed by atoms with Gasteiger partial charge in [0.25, 0.3) is 0 Å². The Balaban J connectivity index is 1.52. The molecule has 1 N–H and O–H groups in total. The molecule has 0 fully saturated rings. The van der Waals surface area contributed by atoms with Crippen molar-refractivity contribution in [2.75, 3.05) is 5.43 Å². The molecule has 0 bridgehead atoms. The summed E-state index contributed by atoms with van der Waals surface area (Å²) in [6, 6.07) is 18.0. The molecule has 2 heterocycles. The van der Waals surface area contributed by atoms with Crippen molar-refractivity contribution < 1.29 is 4.42 Å². The molecule has 0 atom stereocenters. The van der Waals surface area contributed by atoms with Crippen LogP contribution in [0.15, 0.2) is 74.0 Å². The topological polar surface area (TPSA) is 50.4 Å². The van der Waals surface area contributed by atoms with Crippen LogP contribution in [-0.2, 0) is 0 Å². The molecule has 25 heavy (non-hydrogen) atoms. The van der Waals surface area contributed by atoms with Crippen LogP contribution in [0.2, 0.25) is 0 Å². The highest BCUT2D eigenvalue weighted by Crippen LogP contribution is 2.26. The average molecular weight is 412 g/mol. The van der Waals surface area contributed by atoms with E-state index in [-0.39, 0.29) is 0 Å². The molecule has 4 rings (SSSR count). The zero-order valence-electron chi connectivity index (χ0n) is 13.4. The zero-order valence-corrected chi connectivity index (χ0v) is 15.8. The van der Waals surface area contributed by atoms with Crippen molar-refractivity contribution in [3.8, 4) is 11.3 Å². The number of furan rings is 1. The van der Waals surface area contributed by atoms with Crippen molar-refractivity contribution in [1.29, 1.82) is 0 Å². The number of thiazole rings is 1. The van der Waals surface area contributed by atoms with Gasteiger partial charge in [-0.2, -0.15) is 5.10 Å². The van der Waals surface area contributed by atoms with Crippen LogP contribution in [0.4, 0.5) is 5.13 Å². The maximum atomic E-state index is 5.81. The van der Waals surface area contributed by atoms with Gasteiger partial charge in [-0.25, -0.2) is 4.98 Å². The van der Waals surface area contributed by atoms with Crippen molar-refractivity contribution in [2.24, 2.45) is 5.10 Å². The Morgan fingerprint density at radius 2 is 1.96 bits per heavy atom. The van der Waals surface area contributed by atoms with Crippen LogP contribution < -0.4 is 5.43 Å². The predicted molar refractivity (Wildman–Crippen MR) is 107 cm³/mol. The smallest absolute Gasteiger partial charge is 0.203 e. The number of hydrogen-bond acceptors (Lipinski definition) is 5. The Labute approximate surface area is 157 Å². The number of anilines is 1. The van der Waals surface area contributed by atoms with Crippen molar-refractivity contribution in [3.63, 3.8) is 0 Å². The van der Waals surface area contributed by atoms with E-state index in [2.05, 4.69) is 31.4 Å². The molecule has 0 unspecified atom stereocenters. The normalized spacial score (nSPS) is 11.8. The highest BCUT2D eigenvalue weighted by Gasteiger charge is 2.07. The maximum absolute atomic E-state index is 5.81. The zero-order chi connectivity index (χ0) is 17.2. The third-order valence-electron chi connectivity index (χ3n) is 3.75. The number of aromatic nitrogens is 1. The molecule has 0 amide bonds. The summed E-state index contributed by atoms with van der Waals surface area (Å²) < 4.78 is 6.86. The van der Waals surface area contributed by atoms with Gasteiger partial charge in [0.2, 0.25) is 5.13 Å². The Hall–Kier alpha value is -2.44. The van der Waals surface area contributed by atoms with E-state index in [1.165, 1.54) is 11.3 Å². The largest absolute Gasteiger partial charge is 0.455 e. The average Bonchev–Trinajstić information content (AvgIpc) is 3.27. The number of benzene rings is 2. The fourth-order valence-electron chi connectivity index (χ4n) is 2.43. The number of para-hydroxylation sites is 1. The van der Waals surface area contributed by atoms with Gasteiger partial charge in [-0.05, 0) is 31.2 Å². The molecule has 124 valence electrons. The van der Waals surface area contributed by atoms with Gasteiger partial charge < -0.3 is 4.42 Å². The maximum Gasteiger partial charge on any atom is 0.203 e. The van der Waals surface area contributed by atoms with Gasteiger partial charge in [-0.1, -0.05) is 46.3 Å². The first kappa shape index (κ1) is 16.1. The van der Waals surface area contributed by atoms with Crippen molar-refractivity contribution in [1.82, 2.24) is 4.98 Å². The Morgan fingerprint density at radius 1 is 1.16 bits per heavy atom. The number of halogens is 1. The number of hydrazone groups is 1. The van der Waals surface area contributed by atoms with E-state index < -0.39 is 0 Å². The summed E-state index contributed by atoms with van der Waals surface area (Å²) in [5, 5.41) is 8.22. The number of nitrogens with zero attached hydrogens (tertiary/aromatic N) is 2. The highest BCUT2D eigenvalue weighted by molar-refractivity contribution is 9.10. The van der Waals surface area contributed by atoms with Gasteiger partial charge >= 0.3 is 0 Å². The second kappa shape index (κ2) is 6.82. The van der Waals surface area contributed by atoms with Gasteiger partial charge in [0.15, 0.2) is 5.76 Å². The molecule has 0 saturated carbocycles. The van der Waals surface area contributed by atoms with Crippen molar-refractivity contribution >= 4 is 49.1 Å². The first-order valence-electron chi connectivity index (χ1n) is 7.70. The van der Waals surface area contributed by atoms with Gasteiger partial charge in [0, 0.05) is 20.8 Å². The number of hydrogen-bond donors (Lipinski definition) is 1. The van der Waals surface area contributed by atoms with Crippen LogP contribution in [-0.4, -0.2) is 10.7 Å². The molecule has 0 radical (unpaired) electrons. The van der Waals surface area contributed by atoms with E-state index in [1.807, 2.05) is 66.9 Å². The van der Waals surface area contributed by atoms with E-state index in [0.29, 0.717) is 0 Å². The molecule has 0 aliphatic rings. The summed E-state index contributed by atoms with van der Waals surface area (Å²) in [5.41, 5.74) is 6.65. The number of rotatable bonds is 4. The minimum Gasteiger partial charge on any atom is -0.455 e. The monoisotopic (exact) mass is 411 g/mol. The van der Waals surface area contributed by atoms with E-state index >= 15 is 0 Å². The van der Waals surface area contributed by atoms with Crippen molar-refractivity contribution in [3.05, 3.63) is 70.2 Å². The first-order chi connectivity index (χ1) is 12.2. The SMILES string of the molecule is C/C(=N\Nc1nc(-c2ccc(Br)cc2)cs1)c1cc2ccccc2o1. The molecule has 0 spiro atoms. The van der Waals surface area contributed by atoms with Gasteiger partial charge in [-0.15, -0.1) is 11.3 Å². The second-order valence-corrected chi connectivity index (χ2v) is 7.28. The quantitative estimate of drug-likeness (QED) is 0.323. The fraction of sp³-hybridized carbons (Fsp3) is 0.0526. The number of fused-ring (bicyclic) bond motifs is 1. The third-order valence-corrected chi connectivity index (χ3v) is 5.02. The van der Waals surface area contributed by atoms with Gasteiger partial charge in [-0.3, -0.25) is 5.43 Å². The summed E-state index contributed by atoms with van der Waals surface area (Å²) in [5.74, 6) is 0.749. The van der Waals surface area contributed by atoms with E-state index in [1.54, 1.807) is 0 Å². The molecular weight excluding hydrogens is 398 g/mol. The second-order valence-electron chi connectivity index (χ2n) is 5.50. The summed E-state index contributed by atoms with van der Waals surface area (Å²) in [6.07, 6.45) is 0. The van der Waals surface area contributed by atoms with Crippen LogP contribution >= 0.6 is 27.3 Å². The number of nitrogens with one attached hydrogen (secondary N) is 1. The summed E-state index contributed by atoms with van der Waals surface area (Å²) in [4.78, 5) is 4.57. The van der Waals surface area contributed by atoms with Crippen LogP contribution in [0.5, 0.6) is 0 Å². The van der Waals surface area contributed by atoms with E-state index in [0.717, 1.165) is 43.3 Å². The minimum absolute atomic E-state index is 0.744. The summed E-state index contributed by atoms with van der Waals surface area (Å²) in [6.45, 7) is 1.91. The van der Waals surface area contributed by atoms with E-state index in [9.17, 15) is 0 Å². The van der Waals surface area contributed by atoms with Crippen LogP contribution in [0.25, 0.3) is 22.2 Å². The van der Waals surface area contributed by atoms with Crippen molar-refractivity contribution in [2.45, 2.75) is 6.92 Å². The lowest BCUT2D eigenvalue weighted by Gasteiger charge is -1.98. The van der Waals surface area contributed by atoms with Crippen LogP contribution in [0, 0.1) is 0 Å². The van der Waals surface area contributed by atoms with Gasteiger partial charge in [0.1, 0.15) is 11.3 Å². The molecule has 4 aromatic rings. The lowest BCUT2D eigenvalue weighted by molar-refractivity contribution is 0.604. The third kappa shape index (κ3) is 3.50. The fourth-order valence-corrected chi connectivity index (χ4v) is 3.35. The molecule has 0 aliphatic heterocycles. The minimum atomic E-state index is 0.744. The predicted octanol–water partition coefficient (Wildman–Crippen LogP) is 6.15. The lowest BCUT2D eigenvalue weighted by Crippen LogP contribution is -1.97. The molecule has 6 heteroatoms. The van der Waals surface area contributed by atoms with Crippen LogP contribution in [0.3, 0.4) is 0 Å². The summed E-state index contributed by atoms with van der Waals surface area (Å²) >= 11 is 4.96. The summed E-state index contributed by atoms with van der Waals surface area (Å²) in [7, 11) is 0. The molecule has 2 aromatic carbocycles. The molecular formula is C19H14BrN3OS. The Kier molecular flexibility index (Phi) is 4.38. The standard InChI is InChI=1S/C19H14BrN3OS/c1-12(18-10-14-4-2-3-5-17(14)24-18)22-23-19-21-16(11-25-19)13-6-8-15(20)9-7-13/h2-11H,1H3,(H,21,23)/b22-12+. The first-order valence-corrected chi connectivity index (χ1v) is 9.37. The molecule has 2 aromatic heterocycles. The Morgan fingerprint density at radius 3 is 2.76 bits per heavy atom. The van der Waals surface area contributed by atoms with E-state index in [4.69, 9.17) is 4.42 Å². The molecule has 4 nitrogen and oxygen atoms in total. The highest BCUT2D eigenvalue weighted by atomic mass is 79.9. The lowest BCUT2D eigenvalue weighted by atomic mass is 10.2. The van der Waals surface area contributed by atoms with Crippen LogP contribution in [0.1, 0.15) is 12.7 Å². The molecule has 0 aliphatic carbocycles. The Bertz CT molecular complexity index is 1020.